The first kappa shape index (κ1) is 13.2. The minimum absolute atomic E-state index is 0.0253. The number of halogens is 2. The average molecular weight is 249 g/mol. The fourth-order valence-corrected chi connectivity index (χ4v) is 1.89. The Morgan fingerprint density at radius 2 is 2.38 bits per heavy atom. The third-order valence-electron chi connectivity index (χ3n) is 2.35. The Morgan fingerprint density at radius 3 is 2.88 bits per heavy atom. The molecule has 1 N–H and O–H groups in total. The lowest BCUT2D eigenvalue weighted by atomic mass is 9.88. The second kappa shape index (κ2) is 4.97. The number of carbonyl (C=O) groups excluding carboxylic acids is 1. The molecule has 0 aromatic heterocycles. The SMILES string of the molecule is CC(=O)OC[C@H](O)C1=CC=C(F)CC1(C)Cl. The van der Waals surface area contributed by atoms with Crippen LogP contribution in [0.3, 0.4) is 0 Å². The van der Waals surface area contributed by atoms with E-state index in [1.54, 1.807) is 6.92 Å². The molecule has 0 fully saturated rings. The molecule has 1 aliphatic rings. The number of esters is 1. The molecule has 0 aromatic carbocycles. The molecule has 90 valence electrons. The van der Waals surface area contributed by atoms with E-state index in [4.69, 9.17) is 11.6 Å². The molecule has 0 spiro atoms. The quantitative estimate of drug-likeness (QED) is 0.615. The van der Waals surface area contributed by atoms with Crippen molar-refractivity contribution < 1.29 is 19.0 Å². The molecule has 0 amide bonds. The molecule has 0 heterocycles. The van der Waals surface area contributed by atoms with Gasteiger partial charge in [-0.1, -0.05) is 6.08 Å². The fourth-order valence-electron chi connectivity index (χ4n) is 1.58. The van der Waals surface area contributed by atoms with Crippen molar-refractivity contribution in [1.82, 2.24) is 0 Å². The number of alkyl halides is 1. The molecule has 0 radical (unpaired) electrons. The van der Waals surface area contributed by atoms with Crippen molar-refractivity contribution in [3.8, 4) is 0 Å². The largest absolute Gasteiger partial charge is 0.463 e. The summed E-state index contributed by atoms with van der Waals surface area (Å²) in [4.78, 5) is 9.61. The van der Waals surface area contributed by atoms with E-state index in [0.29, 0.717) is 5.57 Å². The number of aliphatic hydroxyl groups is 1. The van der Waals surface area contributed by atoms with Crippen LogP contribution in [0.15, 0.2) is 23.6 Å². The Bertz CT molecular complexity index is 347. The van der Waals surface area contributed by atoms with Gasteiger partial charge in [-0.3, -0.25) is 4.79 Å². The van der Waals surface area contributed by atoms with Gasteiger partial charge in [0, 0.05) is 13.3 Å². The zero-order valence-corrected chi connectivity index (χ0v) is 9.92. The molecule has 1 unspecified atom stereocenters. The number of hydrogen-bond acceptors (Lipinski definition) is 3. The van der Waals surface area contributed by atoms with E-state index in [-0.39, 0.29) is 18.9 Å². The first-order valence-corrected chi connectivity index (χ1v) is 5.28. The molecular formula is C11H14ClFO3. The van der Waals surface area contributed by atoms with Gasteiger partial charge in [-0.2, -0.15) is 0 Å². The summed E-state index contributed by atoms with van der Waals surface area (Å²) in [5.74, 6) is -0.811. The molecule has 3 nitrogen and oxygen atoms in total. The Labute approximate surface area is 98.5 Å². The first-order valence-electron chi connectivity index (χ1n) is 4.90. The summed E-state index contributed by atoms with van der Waals surface area (Å²) >= 11 is 6.09. The van der Waals surface area contributed by atoms with Crippen LogP contribution in [0.2, 0.25) is 0 Å². The van der Waals surface area contributed by atoms with Gasteiger partial charge >= 0.3 is 5.97 Å². The molecule has 2 atom stereocenters. The minimum atomic E-state index is -1.00. The second-order valence-corrected chi connectivity index (χ2v) is 4.76. The Kier molecular flexibility index (Phi) is 4.10. The molecule has 0 saturated carbocycles. The summed E-state index contributed by atoms with van der Waals surface area (Å²) in [5, 5.41) is 9.76. The third-order valence-corrected chi connectivity index (χ3v) is 2.70. The summed E-state index contributed by atoms with van der Waals surface area (Å²) in [7, 11) is 0. The van der Waals surface area contributed by atoms with Crippen LogP contribution in [0.5, 0.6) is 0 Å². The van der Waals surface area contributed by atoms with Gasteiger partial charge < -0.3 is 9.84 Å². The van der Waals surface area contributed by atoms with E-state index in [1.165, 1.54) is 19.1 Å². The van der Waals surface area contributed by atoms with Crippen LogP contribution >= 0.6 is 11.6 Å². The Morgan fingerprint density at radius 1 is 1.75 bits per heavy atom. The van der Waals surface area contributed by atoms with Gasteiger partial charge in [-0.25, -0.2) is 4.39 Å². The number of rotatable bonds is 3. The van der Waals surface area contributed by atoms with Crippen LogP contribution < -0.4 is 0 Å². The van der Waals surface area contributed by atoms with Gasteiger partial charge in [-0.15, -0.1) is 11.6 Å². The van der Waals surface area contributed by atoms with Crippen LogP contribution in [0.4, 0.5) is 4.39 Å². The lowest BCUT2D eigenvalue weighted by Crippen LogP contribution is -2.33. The van der Waals surface area contributed by atoms with E-state index in [9.17, 15) is 14.3 Å². The van der Waals surface area contributed by atoms with E-state index in [1.807, 2.05) is 0 Å². The predicted molar refractivity (Wildman–Crippen MR) is 58.8 cm³/mol. The van der Waals surface area contributed by atoms with E-state index in [2.05, 4.69) is 4.74 Å². The van der Waals surface area contributed by atoms with Crippen molar-refractivity contribution >= 4 is 17.6 Å². The fraction of sp³-hybridized carbons (Fsp3) is 0.545. The van der Waals surface area contributed by atoms with Gasteiger partial charge in [0.2, 0.25) is 0 Å². The summed E-state index contributed by atoms with van der Waals surface area (Å²) in [5.41, 5.74) is 0.455. The topological polar surface area (TPSA) is 46.5 Å². The van der Waals surface area contributed by atoms with Crippen LogP contribution in [-0.2, 0) is 9.53 Å². The van der Waals surface area contributed by atoms with Crippen LogP contribution in [0, 0.1) is 0 Å². The van der Waals surface area contributed by atoms with Crippen LogP contribution in [0.25, 0.3) is 0 Å². The lowest BCUT2D eigenvalue weighted by molar-refractivity contribution is -0.143. The van der Waals surface area contributed by atoms with E-state index < -0.39 is 16.9 Å². The maximum atomic E-state index is 13.0. The molecule has 0 saturated heterocycles. The molecule has 0 aromatic rings. The van der Waals surface area contributed by atoms with E-state index >= 15 is 0 Å². The normalized spacial score (nSPS) is 26.8. The maximum absolute atomic E-state index is 13.0. The standard InChI is InChI=1S/C11H14ClFO3/c1-7(14)16-6-10(15)9-4-3-8(13)5-11(9,2)12/h3-4,10,15H,5-6H2,1-2H3/t10-,11?/m0/s1. The van der Waals surface area contributed by atoms with Gasteiger partial charge in [-0.05, 0) is 18.6 Å². The molecule has 1 aliphatic carbocycles. The van der Waals surface area contributed by atoms with Gasteiger partial charge in [0.1, 0.15) is 18.5 Å². The number of allylic oxidation sites excluding steroid dienone is 3. The van der Waals surface area contributed by atoms with Crippen LogP contribution in [-0.4, -0.2) is 28.7 Å². The van der Waals surface area contributed by atoms with Gasteiger partial charge in [0.15, 0.2) is 0 Å². The molecule has 0 bridgehead atoms. The highest BCUT2D eigenvalue weighted by molar-refractivity contribution is 6.26. The number of carbonyl (C=O) groups is 1. The van der Waals surface area contributed by atoms with E-state index in [0.717, 1.165) is 0 Å². The highest BCUT2D eigenvalue weighted by atomic mass is 35.5. The molecule has 16 heavy (non-hydrogen) atoms. The van der Waals surface area contributed by atoms with Crippen molar-refractivity contribution in [2.24, 2.45) is 0 Å². The first-order chi connectivity index (χ1) is 7.33. The highest BCUT2D eigenvalue weighted by Gasteiger charge is 2.34. The van der Waals surface area contributed by atoms with Crippen LogP contribution in [0.1, 0.15) is 20.3 Å². The summed E-state index contributed by atoms with van der Waals surface area (Å²) in [6.07, 6.45) is 1.71. The van der Waals surface area contributed by atoms with Crippen molar-refractivity contribution in [1.29, 1.82) is 0 Å². The monoisotopic (exact) mass is 248 g/mol. The zero-order valence-electron chi connectivity index (χ0n) is 9.17. The summed E-state index contributed by atoms with van der Waals surface area (Å²) < 4.78 is 17.7. The van der Waals surface area contributed by atoms with Crippen molar-refractivity contribution in [3.63, 3.8) is 0 Å². The Hall–Kier alpha value is -0.870. The lowest BCUT2D eigenvalue weighted by Gasteiger charge is -2.30. The zero-order chi connectivity index (χ0) is 12.3. The molecule has 5 heteroatoms. The van der Waals surface area contributed by atoms with Crippen molar-refractivity contribution in [2.45, 2.75) is 31.2 Å². The second-order valence-electron chi connectivity index (χ2n) is 3.93. The summed E-state index contributed by atoms with van der Waals surface area (Å²) in [6, 6.07) is 0. The van der Waals surface area contributed by atoms with Gasteiger partial charge in [0.05, 0.1) is 4.87 Å². The third kappa shape index (κ3) is 3.32. The minimum Gasteiger partial charge on any atom is -0.463 e. The molecular weight excluding hydrogens is 235 g/mol. The van der Waals surface area contributed by atoms with Crippen molar-refractivity contribution in [2.75, 3.05) is 6.61 Å². The average Bonchev–Trinajstić information content (AvgIpc) is 2.12. The van der Waals surface area contributed by atoms with Crippen molar-refractivity contribution in [3.05, 3.63) is 23.6 Å². The Balaban J connectivity index is 2.74. The number of ether oxygens (including phenoxy) is 1. The maximum Gasteiger partial charge on any atom is 0.302 e. The highest BCUT2D eigenvalue weighted by Crippen LogP contribution is 2.37. The smallest absolute Gasteiger partial charge is 0.302 e. The predicted octanol–water partition coefficient (Wildman–Crippen LogP) is 2.09. The number of hydrogen-bond donors (Lipinski definition) is 1. The van der Waals surface area contributed by atoms with Gasteiger partial charge in [0.25, 0.3) is 0 Å². The number of aliphatic hydroxyl groups excluding tert-OH is 1. The molecule has 0 aliphatic heterocycles. The molecule has 1 rings (SSSR count). The summed E-state index contributed by atoms with van der Waals surface area (Å²) in [6.45, 7) is 2.70.